The predicted octanol–water partition coefficient (Wildman–Crippen LogP) is 3.46. The van der Waals surface area contributed by atoms with Crippen LogP contribution in [0.2, 0.25) is 0 Å². The Labute approximate surface area is 160 Å². The van der Waals surface area contributed by atoms with Crippen LogP contribution in [-0.4, -0.2) is 39.4 Å². The summed E-state index contributed by atoms with van der Waals surface area (Å²) in [6.45, 7) is 2.01. The lowest BCUT2D eigenvalue weighted by atomic mass is 10.2. The Balaban J connectivity index is 1.94. The summed E-state index contributed by atoms with van der Waals surface area (Å²) >= 11 is 0. The van der Waals surface area contributed by atoms with Crippen molar-refractivity contribution in [2.75, 3.05) is 26.1 Å². The summed E-state index contributed by atoms with van der Waals surface area (Å²) in [5.41, 5.74) is 4.58. The van der Waals surface area contributed by atoms with Gasteiger partial charge in [-0.25, -0.2) is 5.43 Å². The zero-order valence-corrected chi connectivity index (χ0v) is 16.3. The van der Waals surface area contributed by atoms with Gasteiger partial charge in [0.2, 0.25) is 0 Å². The molecule has 1 atom stereocenters. The molecule has 2 aromatic rings. The molecule has 0 aliphatic carbocycles. The van der Waals surface area contributed by atoms with E-state index in [4.69, 9.17) is 9.47 Å². The van der Waals surface area contributed by atoms with E-state index >= 15 is 0 Å². The number of nitrogens with one attached hydrogen (secondary N) is 1. The number of carbonyl (C=O) groups excluding carboxylic acids is 1. The van der Waals surface area contributed by atoms with Crippen molar-refractivity contribution in [1.29, 1.82) is 0 Å². The second-order valence-electron chi connectivity index (χ2n) is 6.29. The van der Waals surface area contributed by atoms with Gasteiger partial charge in [-0.2, -0.15) is 5.10 Å². The second kappa shape index (κ2) is 10.2. The molecule has 0 aliphatic rings. The Kier molecular flexibility index (Phi) is 7.67. The van der Waals surface area contributed by atoms with Crippen LogP contribution in [0.3, 0.4) is 0 Å². The molecule has 0 saturated heterocycles. The number of carbonyl (C=O) groups is 1. The van der Waals surface area contributed by atoms with Gasteiger partial charge in [0, 0.05) is 19.8 Å². The third-order valence-corrected chi connectivity index (χ3v) is 3.98. The molecule has 6 nitrogen and oxygen atoms in total. The summed E-state index contributed by atoms with van der Waals surface area (Å²) in [6.07, 6.45) is 2.44. The SMILES string of the molecule is CCCC(Oc1ccc(OC)cc1)C(=O)N/N=C/c1ccc(N(C)C)cc1. The van der Waals surface area contributed by atoms with E-state index < -0.39 is 6.10 Å². The van der Waals surface area contributed by atoms with E-state index in [1.54, 1.807) is 37.6 Å². The van der Waals surface area contributed by atoms with Crippen molar-refractivity contribution in [1.82, 2.24) is 5.43 Å². The van der Waals surface area contributed by atoms with Crippen molar-refractivity contribution in [3.8, 4) is 11.5 Å². The minimum atomic E-state index is -0.600. The van der Waals surface area contributed by atoms with E-state index in [2.05, 4.69) is 10.5 Å². The molecule has 0 heterocycles. The van der Waals surface area contributed by atoms with E-state index in [0.29, 0.717) is 12.2 Å². The van der Waals surface area contributed by atoms with Crippen molar-refractivity contribution in [3.63, 3.8) is 0 Å². The topological polar surface area (TPSA) is 63.2 Å². The van der Waals surface area contributed by atoms with Crippen molar-refractivity contribution in [3.05, 3.63) is 54.1 Å². The van der Waals surface area contributed by atoms with Crippen molar-refractivity contribution in [2.24, 2.45) is 5.10 Å². The predicted molar refractivity (Wildman–Crippen MR) is 109 cm³/mol. The van der Waals surface area contributed by atoms with Gasteiger partial charge in [-0.15, -0.1) is 0 Å². The van der Waals surface area contributed by atoms with E-state index in [1.165, 1.54) is 0 Å². The molecule has 27 heavy (non-hydrogen) atoms. The molecule has 0 bridgehead atoms. The second-order valence-corrected chi connectivity index (χ2v) is 6.29. The monoisotopic (exact) mass is 369 g/mol. The molecule has 0 fully saturated rings. The molecule has 0 aromatic heterocycles. The van der Waals surface area contributed by atoms with Gasteiger partial charge in [0.25, 0.3) is 5.91 Å². The minimum absolute atomic E-state index is 0.270. The van der Waals surface area contributed by atoms with Gasteiger partial charge >= 0.3 is 0 Å². The van der Waals surface area contributed by atoms with Gasteiger partial charge in [0.15, 0.2) is 6.10 Å². The smallest absolute Gasteiger partial charge is 0.281 e. The molecule has 0 saturated carbocycles. The van der Waals surface area contributed by atoms with Crippen LogP contribution < -0.4 is 19.8 Å². The van der Waals surface area contributed by atoms with E-state index in [9.17, 15) is 4.79 Å². The van der Waals surface area contributed by atoms with Crippen LogP contribution in [0.4, 0.5) is 5.69 Å². The molecule has 6 heteroatoms. The Hall–Kier alpha value is -3.02. The van der Waals surface area contributed by atoms with Crippen LogP contribution in [0.25, 0.3) is 0 Å². The Morgan fingerprint density at radius 3 is 2.30 bits per heavy atom. The largest absolute Gasteiger partial charge is 0.497 e. The summed E-state index contributed by atoms with van der Waals surface area (Å²) in [6, 6.07) is 15.0. The summed E-state index contributed by atoms with van der Waals surface area (Å²) in [4.78, 5) is 14.4. The standard InChI is InChI=1S/C21H27N3O3/c1-5-6-20(27-19-13-11-18(26-4)12-14-19)21(25)23-22-15-16-7-9-17(10-8-16)24(2)3/h7-15,20H,5-6H2,1-4H3,(H,23,25)/b22-15+. The Morgan fingerprint density at radius 2 is 1.74 bits per heavy atom. The zero-order chi connectivity index (χ0) is 19.6. The van der Waals surface area contributed by atoms with Gasteiger partial charge < -0.3 is 14.4 Å². The molecule has 0 spiro atoms. The van der Waals surface area contributed by atoms with Gasteiger partial charge in [0.1, 0.15) is 11.5 Å². The molecule has 2 rings (SSSR count). The molecule has 1 unspecified atom stereocenters. The summed E-state index contributed by atoms with van der Waals surface area (Å²) in [7, 11) is 5.58. The molecule has 1 N–H and O–H groups in total. The van der Waals surface area contributed by atoms with Crippen LogP contribution in [0, 0.1) is 0 Å². The number of benzene rings is 2. The molecule has 0 radical (unpaired) electrons. The Bertz CT molecular complexity index is 740. The van der Waals surface area contributed by atoms with Gasteiger partial charge in [-0.3, -0.25) is 4.79 Å². The van der Waals surface area contributed by atoms with E-state index in [-0.39, 0.29) is 5.91 Å². The lowest BCUT2D eigenvalue weighted by Crippen LogP contribution is -2.35. The Morgan fingerprint density at radius 1 is 1.11 bits per heavy atom. The molecule has 2 aromatic carbocycles. The summed E-state index contributed by atoms with van der Waals surface area (Å²) in [5, 5.41) is 4.05. The van der Waals surface area contributed by atoms with Gasteiger partial charge in [-0.05, 0) is 48.4 Å². The van der Waals surface area contributed by atoms with E-state index in [0.717, 1.165) is 23.4 Å². The number of hydrogen-bond donors (Lipinski definition) is 1. The van der Waals surface area contributed by atoms with Crippen LogP contribution in [0.5, 0.6) is 11.5 Å². The van der Waals surface area contributed by atoms with Crippen molar-refractivity contribution in [2.45, 2.75) is 25.9 Å². The maximum absolute atomic E-state index is 12.4. The number of anilines is 1. The zero-order valence-electron chi connectivity index (χ0n) is 16.3. The third kappa shape index (κ3) is 6.33. The number of ether oxygens (including phenoxy) is 2. The van der Waals surface area contributed by atoms with Crippen molar-refractivity contribution >= 4 is 17.8 Å². The fourth-order valence-electron chi connectivity index (χ4n) is 2.43. The molecular formula is C21H27N3O3. The van der Waals surface area contributed by atoms with Crippen LogP contribution in [0.15, 0.2) is 53.6 Å². The average molecular weight is 369 g/mol. The first-order chi connectivity index (χ1) is 13.0. The first-order valence-electron chi connectivity index (χ1n) is 8.94. The maximum atomic E-state index is 12.4. The lowest BCUT2D eigenvalue weighted by molar-refractivity contribution is -0.128. The van der Waals surface area contributed by atoms with E-state index in [1.807, 2.05) is 50.2 Å². The number of hydrogen-bond acceptors (Lipinski definition) is 5. The first kappa shape index (κ1) is 20.3. The summed E-state index contributed by atoms with van der Waals surface area (Å²) < 4.78 is 10.9. The molecular weight excluding hydrogens is 342 g/mol. The fourth-order valence-corrected chi connectivity index (χ4v) is 2.43. The highest BCUT2D eigenvalue weighted by Gasteiger charge is 2.19. The number of nitrogens with zero attached hydrogens (tertiary/aromatic N) is 2. The molecule has 0 aliphatic heterocycles. The third-order valence-electron chi connectivity index (χ3n) is 3.98. The lowest BCUT2D eigenvalue weighted by Gasteiger charge is -2.17. The number of rotatable bonds is 9. The number of amides is 1. The average Bonchev–Trinajstić information content (AvgIpc) is 2.68. The minimum Gasteiger partial charge on any atom is -0.497 e. The van der Waals surface area contributed by atoms with Crippen LogP contribution >= 0.6 is 0 Å². The van der Waals surface area contributed by atoms with Crippen molar-refractivity contribution < 1.29 is 14.3 Å². The quantitative estimate of drug-likeness (QED) is 0.543. The number of hydrazone groups is 1. The summed E-state index contributed by atoms with van der Waals surface area (Å²) in [5.74, 6) is 1.09. The molecule has 144 valence electrons. The fraction of sp³-hybridized carbons (Fsp3) is 0.333. The highest BCUT2D eigenvalue weighted by molar-refractivity contribution is 5.84. The van der Waals surface area contributed by atoms with Gasteiger partial charge in [-0.1, -0.05) is 25.5 Å². The maximum Gasteiger partial charge on any atom is 0.281 e. The van der Waals surface area contributed by atoms with Crippen LogP contribution in [0.1, 0.15) is 25.3 Å². The molecule has 1 amide bonds. The highest BCUT2D eigenvalue weighted by Crippen LogP contribution is 2.19. The normalized spacial score (nSPS) is 11.9. The van der Waals surface area contributed by atoms with Gasteiger partial charge in [0.05, 0.1) is 13.3 Å². The first-order valence-corrected chi connectivity index (χ1v) is 8.94. The highest BCUT2D eigenvalue weighted by atomic mass is 16.5. The number of methoxy groups -OCH3 is 1. The van der Waals surface area contributed by atoms with Crippen LogP contribution in [-0.2, 0) is 4.79 Å².